The first-order valence-electron chi connectivity index (χ1n) is 9.23. The van der Waals surface area contributed by atoms with E-state index >= 15 is 0 Å². The summed E-state index contributed by atoms with van der Waals surface area (Å²) >= 11 is 0. The van der Waals surface area contributed by atoms with Gasteiger partial charge >= 0.3 is 0 Å². The molecule has 6 heteroatoms. The van der Waals surface area contributed by atoms with Gasteiger partial charge in [0.15, 0.2) is 11.5 Å². The predicted molar refractivity (Wildman–Crippen MR) is 97.3 cm³/mol. The fourth-order valence-electron chi connectivity index (χ4n) is 3.28. The molecule has 0 unspecified atom stereocenters. The van der Waals surface area contributed by atoms with E-state index in [-0.39, 0.29) is 11.9 Å². The second kappa shape index (κ2) is 8.54. The third kappa shape index (κ3) is 5.09. The van der Waals surface area contributed by atoms with Gasteiger partial charge in [0.2, 0.25) is 5.91 Å². The van der Waals surface area contributed by atoms with Crippen molar-refractivity contribution in [3.8, 4) is 11.5 Å². The molecule has 0 bridgehead atoms. The number of carbonyl (C=O) groups excluding carboxylic acids is 1. The molecule has 1 aromatic rings. The number of ether oxygens (including phenoxy) is 2. The van der Waals surface area contributed by atoms with E-state index in [0.717, 1.165) is 56.2 Å². The first-order valence-corrected chi connectivity index (χ1v) is 9.23. The molecule has 6 nitrogen and oxygen atoms in total. The molecule has 0 spiro atoms. The molecule has 0 aromatic heterocycles. The number of hydrogen-bond acceptors (Lipinski definition) is 5. The van der Waals surface area contributed by atoms with E-state index in [1.54, 1.807) is 0 Å². The number of hydrogen-bond donors (Lipinski definition) is 1. The highest BCUT2D eigenvalue weighted by molar-refractivity contribution is 5.79. The maximum Gasteiger partial charge on any atom is 0.224 e. The number of carbonyl (C=O) groups is 1. The van der Waals surface area contributed by atoms with Crippen LogP contribution in [0.15, 0.2) is 18.2 Å². The summed E-state index contributed by atoms with van der Waals surface area (Å²) in [6.07, 6.45) is 1.31. The number of nitrogens with one attached hydrogen (secondary N) is 1. The van der Waals surface area contributed by atoms with Crippen molar-refractivity contribution in [3.05, 3.63) is 23.8 Å². The first-order chi connectivity index (χ1) is 12.1. The standard InChI is InChI=1S/C19H29N3O3/c1-3-16(14-22-8-6-21(2)7-9-22)20-19(23)13-15-4-5-17-18(12-15)25-11-10-24-17/h4-5,12,16H,3,6-11,13-14H2,1-2H3,(H,20,23)/t16-/m1/s1. The van der Waals surface area contributed by atoms with Gasteiger partial charge in [0.25, 0.3) is 0 Å². The second-order valence-electron chi connectivity index (χ2n) is 6.93. The maximum atomic E-state index is 12.4. The van der Waals surface area contributed by atoms with Crippen LogP contribution in [0.1, 0.15) is 18.9 Å². The highest BCUT2D eigenvalue weighted by Gasteiger charge is 2.19. The third-order valence-corrected chi connectivity index (χ3v) is 4.90. The summed E-state index contributed by atoms with van der Waals surface area (Å²) in [5.41, 5.74) is 0.955. The summed E-state index contributed by atoms with van der Waals surface area (Å²) in [6, 6.07) is 5.94. The van der Waals surface area contributed by atoms with Gasteiger partial charge in [-0.1, -0.05) is 13.0 Å². The van der Waals surface area contributed by atoms with Crippen molar-refractivity contribution in [3.63, 3.8) is 0 Å². The zero-order valence-electron chi connectivity index (χ0n) is 15.3. The summed E-state index contributed by atoms with van der Waals surface area (Å²) in [5, 5.41) is 3.19. The molecule has 1 aromatic carbocycles. The Labute approximate surface area is 150 Å². The Morgan fingerprint density at radius 2 is 1.88 bits per heavy atom. The van der Waals surface area contributed by atoms with Crippen LogP contribution in [0.3, 0.4) is 0 Å². The van der Waals surface area contributed by atoms with Crippen LogP contribution in [0, 0.1) is 0 Å². The van der Waals surface area contributed by atoms with Gasteiger partial charge in [-0.05, 0) is 31.2 Å². The van der Waals surface area contributed by atoms with Crippen LogP contribution in [-0.4, -0.2) is 74.7 Å². The van der Waals surface area contributed by atoms with Crippen molar-refractivity contribution in [1.29, 1.82) is 0 Å². The fraction of sp³-hybridized carbons (Fsp3) is 0.632. The van der Waals surface area contributed by atoms with E-state index in [9.17, 15) is 4.79 Å². The van der Waals surface area contributed by atoms with Gasteiger partial charge in [0, 0.05) is 38.8 Å². The Morgan fingerprint density at radius 3 is 2.60 bits per heavy atom. The lowest BCUT2D eigenvalue weighted by Crippen LogP contribution is -2.50. The molecule has 1 N–H and O–H groups in total. The van der Waals surface area contributed by atoms with Crippen molar-refractivity contribution >= 4 is 5.91 Å². The number of fused-ring (bicyclic) bond motifs is 1. The third-order valence-electron chi connectivity index (χ3n) is 4.90. The Morgan fingerprint density at radius 1 is 1.16 bits per heavy atom. The number of amides is 1. The average Bonchev–Trinajstić information content (AvgIpc) is 2.63. The van der Waals surface area contributed by atoms with E-state index in [0.29, 0.717) is 19.6 Å². The minimum atomic E-state index is 0.0673. The lowest BCUT2D eigenvalue weighted by atomic mass is 10.1. The molecule has 2 aliphatic rings. The normalized spacial score (nSPS) is 19.4. The molecule has 0 radical (unpaired) electrons. The Bertz CT molecular complexity index is 585. The fourth-order valence-corrected chi connectivity index (χ4v) is 3.28. The monoisotopic (exact) mass is 347 g/mol. The smallest absolute Gasteiger partial charge is 0.224 e. The molecule has 1 fully saturated rings. The van der Waals surface area contributed by atoms with Gasteiger partial charge in [-0.3, -0.25) is 9.69 Å². The minimum absolute atomic E-state index is 0.0673. The largest absolute Gasteiger partial charge is 0.486 e. The molecule has 0 aliphatic carbocycles. The zero-order valence-corrected chi connectivity index (χ0v) is 15.3. The van der Waals surface area contributed by atoms with Gasteiger partial charge in [-0.25, -0.2) is 0 Å². The lowest BCUT2D eigenvalue weighted by Gasteiger charge is -2.34. The summed E-state index contributed by atoms with van der Waals surface area (Å²) in [4.78, 5) is 17.2. The van der Waals surface area contributed by atoms with Crippen molar-refractivity contribution in [2.24, 2.45) is 0 Å². The molecule has 1 saturated heterocycles. The quantitative estimate of drug-likeness (QED) is 0.836. The van der Waals surface area contributed by atoms with E-state index in [1.165, 1.54) is 0 Å². The maximum absolute atomic E-state index is 12.4. The van der Waals surface area contributed by atoms with Crippen LogP contribution in [0.4, 0.5) is 0 Å². The summed E-state index contributed by atoms with van der Waals surface area (Å²) < 4.78 is 11.1. The van der Waals surface area contributed by atoms with Crippen LogP contribution in [0.5, 0.6) is 11.5 Å². The average molecular weight is 347 g/mol. The van der Waals surface area contributed by atoms with Crippen LogP contribution in [0.2, 0.25) is 0 Å². The van der Waals surface area contributed by atoms with Gasteiger partial charge in [-0.2, -0.15) is 0 Å². The van der Waals surface area contributed by atoms with Crippen molar-refractivity contribution in [1.82, 2.24) is 15.1 Å². The van der Waals surface area contributed by atoms with Crippen molar-refractivity contribution in [2.45, 2.75) is 25.8 Å². The SMILES string of the molecule is CC[C@H](CN1CCN(C)CC1)NC(=O)Cc1ccc2c(c1)OCCO2. The van der Waals surface area contributed by atoms with Crippen LogP contribution in [0.25, 0.3) is 0 Å². The second-order valence-corrected chi connectivity index (χ2v) is 6.93. The topological polar surface area (TPSA) is 54.0 Å². The molecule has 2 aliphatic heterocycles. The Hall–Kier alpha value is -1.79. The van der Waals surface area contributed by atoms with E-state index < -0.39 is 0 Å². The molecular formula is C19H29N3O3. The van der Waals surface area contributed by atoms with E-state index in [4.69, 9.17) is 9.47 Å². The Balaban J connectivity index is 1.50. The lowest BCUT2D eigenvalue weighted by molar-refractivity contribution is -0.121. The Kier molecular flexibility index (Phi) is 6.15. The molecule has 3 rings (SSSR count). The van der Waals surface area contributed by atoms with Gasteiger partial charge in [-0.15, -0.1) is 0 Å². The van der Waals surface area contributed by atoms with Gasteiger partial charge < -0.3 is 19.7 Å². The molecule has 2 heterocycles. The molecule has 138 valence electrons. The van der Waals surface area contributed by atoms with Crippen LogP contribution in [-0.2, 0) is 11.2 Å². The minimum Gasteiger partial charge on any atom is -0.486 e. The first kappa shape index (κ1) is 18.0. The summed E-state index contributed by atoms with van der Waals surface area (Å²) in [5.74, 6) is 1.57. The highest BCUT2D eigenvalue weighted by atomic mass is 16.6. The van der Waals surface area contributed by atoms with Crippen molar-refractivity contribution < 1.29 is 14.3 Å². The molecule has 25 heavy (non-hydrogen) atoms. The highest BCUT2D eigenvalue weighted by Crippen LogP contribution is 2.30. The number of rotatable bonds is 6. The zero-order chi connectivity index (χ0) is 17.6. The number of nitrogens with zero attached hydrogens (tertiary/aromatic N) is 2. The number of likely N-dealkylation sites (N-methyl/N-ethyl adjacent to an activating group) is 1. The van der Waals surface area contributed by atoms with Gasteiger partial charge in [0.05, 0.1) is 6.42 Å². The van der Waals surface area contributed by atoms with Crippen LogP contribution < -0.4 is 14.8 Å². The molecule has 0 saturated carbocycles. The molecular weight excluding hydrogens is 318 g/mol. The van der Waals surface area contributed by atoms with Crippen LogP contribution >= 0.6 is 0 Å². The summed E-state index contributed by atoms with van der Waals surface area (Å²) in [7, 11) is 2.16. The molecule has 1 atom stereocenters. The number of benzene rings is 1. The number of piperazine rings is 1. The van der Waals surface area contributed by atoms with Gasteiger partial charge in [0.1, 0.15) is 13.2 Å². The summed E-state index contributed by atoms with van der Waals surface area (Å²) in [6.45, 7) is 8.55. The van der Waals surface area contributed by atoms with E-state index in [1.807, 2.05) is 18.2 Å². The molecule has 1 amide bonds. The predicted octanol–water partition coefficient (Wildman–Crippen LogP) is 1.14. The van der Waals surface area contributed by atoms with E-state index in [2.05, 4.69) is 29.1 Å². The van der Waals surface area contributed by atoms with Crippen molar-refractivity contribution in [2.75, 3.05) is 53.0 Å².